The Bertz CT molecular complexity index is 387. The lowest BCUT2D eigenvalue weighted by Gasteiger charge is -2.09. The van der Waals surface area contributed by atoms with E-state index < -0.39 is 28.5 Å². The molecular weight excluding hydrogens is 236 g/mol. The van der Waals surface area contributed by atoms with Crippen LogP contribution in [0.2, 0.25) is 0 Å². The molecule has 0 aliphatic carbocycles. The summed E-state index contributed by atoms with van der Waals surface area (Å²) in [6.07, 6.45) is -0.779. The van der Waals surface area contributed by atoms with Crippen LogP contribution in [0, 0.1) is 11.6 Å². The molecule has 6 heteroatoms. The Kier molecular flexibility index (Phi) is 4.98. The number of halogens is 2. The molecule has 0 heterocycles. The molecule has 0 aliphatic heterocycles. The fourth-order valence-corrected chi connectivity index (χ4v) is 2.30. The third-order valence-corrected chi connectivity index (χ3v) is 3.40. The summed E-state index contributed by atoms with van der Waals surface area (Å²) >= 11 is 0. The fraction of sp³-hybridized carbons (Fsp3) is 0.400. The number of aliphatic hydroxyl groups is 1. The predicted octanol–water partition coefficient (Wildman–Crippen LogP) is 0.653. The molecule has 2 N–H and O–H groups in total. The first-order chi connectivity index (χ1) is 7.54. The van der Waals surface area contributed by atoms with E-state index >= 15 is 0 Å². The molecule has 0 spiro atoms. The third kappa shape index (κ3) is 3.62. The van der Waals surface area contributed by atoms with Crippen molar-refractivity contribution in [1.82, 2.24) is 5.32 Å². The summed E-state index contributed by atoms with van der Waals surface area (Å²) in [6.45, 7) is 0.301. The van der Waals surface area contributed by atoms with Gasteiger partial charge in [-0.1, -0.05) is 0 Å². The summed E-state index contributed by atoms with van der Waals surface area (Å²) in [5.41, 5.74) is 0. The van der Waals surface area contributed by atoms with Gasteiger partial charge in [0.25, 0.3) is 0 Å². The van der Waals surface area contributed by atoms with Crippen molar-refractivity contribution in [3.05, 3.63) is 29.8 Å². The Morgan fingerprint density at radius 1 is 1.44 bits per heavy atom. The molecule has 0 amide bonds. The van der Waals surface area contributed by atoms with Gasteiger partial charge in [-0.3, -0.25) is 4.21 Å². The summed E-state index contributed by atoms with van der Waals surface area (Å²) in [7, 11) is 0.126. The van der Waals surface area contributed by atoms with E-state index in [-0.39, 0.29) is 10.6 Å². The molecule has 1 aromatic carbocycles. The van der Waals surface area contributed by atoms with E-state index in [1.54, 1.807) is 7.05 Å². The van der Waals surface area contributed by atoms with Crippen LogP contribution in [0.4, 0.5) is 8.78 Å². The second kappa shape index (κ2) is 6.03. The summed E-state index contributed by atoms with van der Waals surface area (Å²) in [5.74, 6) is -2.02. The number of benzene rings is 1. The first kappa shape index (κ1) is 13.2. The highest BCUT2D eigenvalue weighted by atomic mass is 32.2. The van der Waals surface area contributed by atoms with Crippen molar-refractivity contribution in [1.29, 1.82) is 0 Å². The first-order valence-electron chi connectivity index (χ1n) is 4.70. The maximum Gasteiger partial charge on any atom is 0.160 e. The standard InChI is InChI=1S/C10H13F2NO2S/c1-13-5-7(14)6-16(15)8-2-3-9(11)10(12)4-8/h2-4,7,13-14H,5-6H2,1H3. The zero-order valence-electron chi connectivity index (χ0n) is 8.74. The molecule has 0 saturated heterocycles. The monoisotopic (exact) mass is 249 g/mol. The van der Waals surface area contributed by atoms with E-state index in [0.29, 0.717) is 6.54 Å². The smallest absolute Gasteiger partial charge is 0.160 e. The lowest BCUT2D eigenvalue weighted by Crippen LogP contribution is -2.28. The molecule has 0 aliphatic rings. The van der Waals surface area contributed by atoms with Crippen LogP contribution in [0.15, 0.2) is 23.1 Å². The SMILES string of the molecule is CNCC(O)CS(=O)c1ccc(F)c(F)c1. The van der Waals surface area contributed by atoms with Crippen LogP contribution >= 0.6 is 0 Å². The molecule has 0 radical (unpaired) electrons. The Morgan fingerprint density at radius 2 is 2.12 bits per heavy atom. The molecule has 0 bridgehead atoms. The molecule has 2 atom stereocenters. The molecule has 0 saturated carbocycles. The van der Waals surface area contributed by atoms with Crippen molar-refractivity contribution in [3.8, 4) is 0 Å². The van der Waals surface area contributed by atoms with Gasteiger partial charge >= 0.3 is 0 Å². The summed E-state index contributed by atoms with van der Waals surface area (Å²) in [6, 6.07) is 3.06. The fourth-order valence-electron chi connectivity index (χ4n) is 1.18. The summed E-state index contributed by atoms with van der Waals surface area (Å²) < 4.78 is 37.1. The van der Waals surface area contributed by atoms with Crippen LogP contribution in [0.1, 0.15) is 0 Å². The van der Waals surface area contributed by atoms with Crippen molar-refractivity contribution in [3.63, 3.8) is 0 Å². The van der Waals surface area contributed by atoms with Gasteiger partial charge in [0.2, 0.25) is 0 Å². The van der Waals surface area contributed by atoms with E-state index in [4.69, 9.17) is 0 Å². The van der Waals surface area contributed by atoms with Gasteiger partial charge in [-0.15, -0.1) is 0 Å². The lowest BCUT2D eigenvalue weighted by atomic mass is 10.3. The van der Waals surface area contributed by atoms with Crippen LogP contribution in [0.5, 0.6) is 0 Å². The molecule has 1 rings (SSSR count). The number of aliphatic hydroxyl groups excluding tert-OH is 1. The number of hydrogen-bond donors (Lipinski definition) is 2. The molecule has 16 heavy (non-hydrogen) atoms. The van der Waals surface area contributed by atoms with Crippen LogP contribution in [-0.4, -0.2) is 34.8 Å². The average Bonchev–Trinajstić information content (AvgIpc) is 2.22. The highest BCUT2D eigenvalue weighted by Crippen LogP contribution is 2.12. The molecule has 3 nitrogen and oxygen atoms in total. The summed E-state index contributed by atoms with van der Waals surface area (Å²) in [4.78, 5) is 0.175. The van der Waals surface area contributed by atoms with Crippen molar-refractivity contribution < 1.29 is 18.1 Å². The minimum atomic E-state index is -1.53. The van der Waals surface area contributed by atoms with Crippen molar-refractivity contribution >= 4 is 10.8 Å². The largest absolute Gasteiger partial charge is 0.391 e. The van der Waals surface area contributed by atoms with Gasteiger partial charge < -0.3 is 10.4 Å². The van der Waals surface area contributed by atoms with Gasteiger partial charge in [0.05, 0.1) is 22.7 Å². The zero-order chi connectivity index (χ0) is 12.1. The predicted molar refractivity (Wildman–Crippen MR) is 57.6 cm³/mol. The van der Waals surface area contributed by atoms with E-state index in [0.717, 1.165) is 12.1 Å². The Morgan fingerprint density at radius 3 is 2.69 bits per heavy atom. The van der Waals surface area contributed by atoms with Gasteiger partial charge in [0, 0.05) is 11.4 Å². The first-order valence-corrected chi connectivity index (χ1v) is 6.02. The number of rotatable bonds is 5. The van der Waals surface area contributed by atoms with Gasteiger partial charge in [0.15, 0.2) is 11.6 Å². The molecule has 2 unspecified atom stereocenters. The minimum Gasteiger partial charge on any atom is -0.391 e. The normalized spacial score (nSPS) is 14.8. The minimum absolute atomic E-state index is 0.00802. The van der Waals surface area contributed by atoms with E-state index in [2.05, 4.69) is 5.32 Å². The third-order valence-electron chi connectivity index (χ3n) is 1.94. The number of hydrogen-bond acceptors (Lipinski definition) is 3. The van der Waals surface area contributed by atoms with Crippen LogP contribution < -0.4 is 5.32 Å². The Balaban J connectivity index is 2.69. The second-order valence-electron chi connectivity index (χ2n) is 3.30. The summed E-state index contributed by atoms with van der Waals surface area (Å²) in [5, 5.41) is 12.1. The van der Waals surface area contributed by atoms with Crippen LogP contribution in [0.25, 0.3) is 0 Å². The number of nitrogens with one attached hydrogen (secondary N) is 1. The van der Waals surface area contributed by atoms with Gasteiger partial charge in [-0.25, -0.2) is 8.78 Å². The Labute approximate surface area is 94.9 Å². The van der Waals surface area contributed by atoms with Crippen molar-refractivity contribution in [2.24, 2.45) is 0 Å². The molecule has 1 aromatic rings. The van der Waals surface area contributed by atoms with Crippen LogP contribution in [0.3, 0.4) is 0 Å². The molecule has 0 aromatic heterocycles. The highest BCUT2D eigenvalue weighted by molar-refractivity contribution is 7.85. The van der Waals surface area contributed by atoms with Crippen LogP contribution in [-0.2, 0) is 10.8 Å². The van der Waals surface area contributed by atoms with Gasteiger partial charge in [-0.2, -0.15) is 0 Å². The Hall–Kier alpha value is -0.850. The van der Waals surface area contributed by atoms with E-state index in [1.165, 1.54) is 6.07 Å². The molecule has 0 fully saturated rings. The van der Waals surface area contributed by atoms with Crippen molar-refractivity contribution in [2.75, 3.05) is 19.3 Å². The van der Waals surface area contributed by atoms with E-state index in [9.17, 15) is 18.1 Å². The zero-order valence-corrected chi connectivity index (χ0v) is 9.56. The molecular formula is C10H13F2NO2S. The van der Waals surface area contributed by atoms with Gasteiger partial charge in [-0.05, 0) is 25.2 Å². The maximum absolute atomic E-state index is 12.8. The molecule has 90 valence electrons. The quantitative estimate of drug-likeness (QED) is 0.805. The maximum atomic E-state index is 12.8. The number of likely N-dealkylation sites (N-methyl/N-ethyl adjacent to an activating group) is 1. The van der Waals surface area contributed by atoms with E-state index in [1.807, 2.05) is 0 Å². The topological polar surface area (TPSA) is 49.3 Å². The lowest BCUT2D eigenvalue weighted by molar-refractivity contribution is 0.198. The van der Waals surface area contributed by atoms with Crippen molar-refractivity contribution in [2.45, 2.75) is 11.0 Å². The average molecular weight is 249 g/mol. The highest BCUT2D eigenvalue weighted by Gasteiger charge is 2.12. The van der Waals surface area contributed by atoms with Gasteiger partial charge in [0.1, 0.15) is 0 Å². The second-order valence-corrected chi connectivity index (χ2v) is 4.80.